The molecule has 4 nitrogen and oxygen atoms in total. The monoisotopic (exact) mass is 565 g/mol. The molecule has 0 saturated heterocycles. The summed E-state index contributed by atoms with van der Waals surface area (Å²) in [5.41, 5.74) is 0.350. The molecule has 0 amide bonds. The van der Waals surface area contributed by atoms with Crippen molar-refractivity contribution in [3.8, 4) is 0 Å². The van der Waals surface area contributed by atoms with E-state index in [-0.39, 0.29) is 17.8 Å². The van der Waals surface area contributed by atoms with E-state index in [9.17, 15) is 4.79 Å². The summed E-state index contributed by atoms with van der Waals surface area (Å²) in [5.74, 6) is -0.787. The van der Waals surface area contributed by atoms with E-state index in [1.165, 1.54) is 18.2 Å². The fourth-order valence-electron chi connectivity index (χ4n) is 4.38. The number of nitrogens with zero attached hydrogens (tertiary/aromatic N) is 2. The Bertz CT molecular complexity index is 1500. The second-order valence-electron chi connectivity index (χ2n) is 9.81. The van der Waals surface area contributed by atoms with Crippen molar-refractivity contribution in [2.45, 2.75) is 12.7 Å². The average molecular weight is 565 g/mol. The van der Waals surface area contributed by atoms with E-state index in [4.69, 9.17) is 0 Å². The Hall–Kier alpha value is -4.85. The van der Waals surface area contributed by atoms with Gasteiger partial charge in [0.1, 0.15) is 5.70 Å². The van der Waals surface area contributed by atoms with Crippen LogP contribution in [0.3, 0.4) is 0 Å². The summed E-state index contributed by atoms with van der Waals surface area (Å²) in [4.78, 5) is 20.3. The molecule has 4 aromatic carbocycles. The largest absolute Gasteiger partial charge is 0.430 e. The van der Waals surface area contributed by atoms with Crippen LogP contribution in [0.15, 0.2) is 150 Å². The number of halogens is 3. The summed E-state index contributed by atoms with van der Waals surface area (Å²) < 4.78 is 45.6. The highest BCUT2D eigenvalue weighted by molar-refractivity contribution is 6.83. The maximum Gasteiger partial charge on any atom is 0.430 e. The highest BCUT2D eigenvalue weighted by Crippen LogP contribution is 2.29. The van der Waals surface area contributed by atoms with Gasteiger partial charge in [-0.2, -0.15) is 13.2 Å². The average Bonchev–Trinajstić information content (AvgIpc) is 3.00. The maximum absolute atomic E-state index is 15.2. The molecule has 0 bridgehead atoms. The summed E-state index contributed by atoms with van der Waals surface area (Å²) in [6.45, 7) is -0.804. The van der Waals surface area contributed by atoms with Crippen LogP contribution < -0.4 is 16.2 Å². The van der Waals surface area contributed by atoms with Crippen molar-refractivity contribution in [1.29, 1.82) is 0 Å². The first-order chi connectivity index (χ1) is 20.2. The van der Waals surface area contributed by atoms with Crippen LogP contribution in [0.5, 0.6) is 0 Å². The van der Waals surface area contributed by atoms with Crippen LogP contribution in [0.1, 0.15) is 15.9 Å². The van der Waals surface area contributed by atoms with E-state index in [0.717, 1.165) is 5.56 Å². The molecule has 1 N–H and O–H groups in total. The number of benzene rings is 4. The molecule has 42 heavy (non-hydrogen) atoms. The second kappa shape index (κ2) is 14.2. The van der Waals surface area contributed by atoms with Gasteiger partial charge in [-0.25, -0.2) is 0 Å². The molecule has 0 aliphatic carbocycles. The number of aliphatic imine (C=N–C) groups is 1. The Balaban J connectivity index is 1.98. The standard InChI is InChI=1S/C34H31BF3N3O/c1-41(2)24-23-30(39-25-26-15-7-3-8-16-26)31(32(42)27-17-9-4-10-18-27)33(34(36,37)38)40-35(28-19-11-5-12-20-28)29-21-13-6-14-22-29/h3-24,40H,25H2,1-2H3/b24-23-,33-31+,39-30?. The number of alkyl halides is 3. The molecule has 0 aliphatic heterocycles. The number of ketones is 1. The maximum atomic E-state index is 15.2. The molecular weight excluding hydrogens is 534 g/mol. The minimum absolute atomic E-state index is 0.0823. The van der Waals surface area contributed by atoms with Crippen molar-refractivity contribution in [2.24, 2.45) is 4.99 Å². The summed E-state index contributed by atoms with van der Waals surface area (Å²) in [6, 6.07) is 34.9. The molecule has 0 saturated carbocycles. The number of hydrogen-bond donors (Lipinski definition) is 1. The molecule has 212 valence electrons. The lowest BCUT2D eigenvalue weighted by Gasteiger charge is -2.24. The van der Waals surface area contributed by atoms with Crippen LogP contribution in [0.25, 0.3) is 0 Å². The summed E-state index contributed by atoms with van der Waals surface area (Å²) in [6.07, 6.45) is -1.88. The minimum atomic E-state index is -4.92. The van der Waals surface area contributed by atoms with Crippen molar-refractivity contribution >= 4 is 29.3 Å². The van der Waals surface area contributed by atoms with Gasteiger partial charge in [0.15, 0.2) is 5.78 Å². The van der Waals surface area contributed by atoms with E-state index in [1.54, 1.807) is 104 Å². The van der Waals surface area contributed by atoms with E-state index in [0.29, 0.717) is 10.9 Å². The molecule has 0 unspecified atom stereocenters. The van der Waals surface area contributed by atoms with Gasteiger partial charge in [0, 0.05) is 25.9 Å². The predicted octanol–water partition coefficient (Wildman–Crippen LogP) is 5.80. The first-order valence-electron chi connectivity index (χ1n) is 13.4. The van der Waals surface area contributed by atoms with Crippen molar-refractivity contribution in [3.63, 3.8) is 0 Å². The van der Waals surface area contributed by atoms with E-state index < -0.39 is 30.1 Å². The van der Waals surface area contributed by atoms with Gasteiger partial charge in [0.2, 0.25) is 0 Å². The van der Waals surface area contributed by atoms with Gasteiger partial charge < -0.3 is 10.1 Å². The molecule has 0 fully saturated rings. The van der Waals surface area contributed by atoms with Gasteiger partial charge in [-0.05, 0) is 11.6 Å². The summed E-state index contributed by atoms with van der Waals surface area (Å²) in [7, 11) is 3.49. The predicted molar refractivity (Wildman–Crippen MR) is 165 cm³/mol. The van der Waals surface area contributed by atoms with E-state index in [1.807, 2.05) is 30.3 Å². The minimum Gasteiger partial charge on any atom is -0.415 e. The van der Waals surface area contributed by atoms with E-state index >= 15 is 13.2 Å². The number of Topliss-reactive ketones (excluding diaryl/α,β-unsaturated/α-hetero) is 1. The van der Waals surface area contributed by atoms with Gasteiger partial charge >= 0.3 is 13.0 Å². The van der Waals surface area contributed by atoms with Crippen molar-refractivity contribution < 1.29 is 18.0 Å². The zero-order valence-electron chi connectivity index (χ0n) is 23.4. The molecule has 0 heterocycles. The van der Waals surface area contributed by atoms with Gasteiger partial charge in [-0.15, -0.1) is 0 Å². The molecule has 8 heteroatoms. The lowest BCUT2D eigenvalue weighted by molar-refractivity contribution is -0.0950. The molecule has 0 radical (unpaired) electrons. The number of carbonyl (C=O) groups is 1. The molecular formula is C34H31BF3N3O. The van der Waals surface area contributed by atoms with Gasteiger partial charge in [0.25, 0.3) is 0 Å². The number of rotatable bonds is 11. The molecule has 4 rings (SSSR count). The zero-order valence-corrected chi connectivity index (χ0v) is 23.4. The third kappa shape index (κ3) is 8.10. The van der Waals surface area contributed by atoms with Crippen molar-refractivity contribution in [1.82, 2.24) is 10.1 Å². The number of nitrogens with one attached hydrogen (secondary N) is 1. The van der Waals surface area contributed by atoms with Crippen LogP contribution in [0, 0.1) is 0 Å². The van der Waals surface area contributed by atoms with Crippen LogP contribution >= 0.6 is 0 Å². The highest BCUT2D eigenvalue weighted by atomic mass is 19.4. The van der Waals surface area contributed by atoms with Crippen LogP contribution in [-0.4, -0.2) is 43.5 Å². The fraction of sp³-hybridized carbons (Fsp3) is 0.118. The quantitative estimate of drug-likeness (QED) is 0.108. The normalized spacial score (nSPS) is 12.5. The van der Waals surface area contributed by atoms with Crippen LogP contribution in [0.4, 0.5) is 13.2 Å². The third-order valence-electron chi connectivity index (χ3n) is 6.41. The molecule has 0 aromatic heterocycles. The Kier molecular flexibility index (Phi) is 10.2. The topological polar surface area (TPSA) is 44.7 Å². The lowest BCUT2D eigenvalue weighted by atomic mass is 9.50. The van der Waals surface area contributed by atoms with Crippen molar-refractivity contribution in [3.05, 3.63) is 156 Å². The SMILES string of the molecule is CN(C)/C=C\C(=NCc1ccccc1)/C(C(=O)c1ccccc1)=C(\NB(c1ccccc1)c1ccccc1)C(F)(F)F. The Labute approximate surface area is 245 Å². The smallest absolute Gasteiger partial charge is 0.415 e. The Morgan fingerprint density at radius 3 is 1.74 bits per heavy atom. The second-order valence-corrected chi connectivity index (χ2v) is 9.81. The third-order valence-corrected chi connectivity index (χ3v) is 6.41. The lowest BCUT2D eigenvalue weighted by Crippen LogP contribution is -2.56. The molecule has 0 atom stereocenters. The van der Waals surface area contributed by atoms with Gasteiger partial charge in [-0.1, -0.05) is 132 Å². The number of allylic oxidation sites excluding steroid dienone is 3. The van der Waals surface area contributed by atoms with Crippen molar-refractivity contribution in [2.75, 3.05) is 14.1 Å². The molecule has 4 aromatic rings. The highest BCUT2D eigenvalue weighted by Gasteiger charge is 2.42. The number of hydrogen-bond acceptors (Lipinski definition) is 4. The molecule has 0 aliphatic rings. The fourth-order valence-corrected chi connectivity index (χ4v) is 4.38. The first-order valence-corrected chi connectivity index (χ1v) is 13.4. The summed E-state index contributed by atoms with van der Waals surface area (Å²) >= 11 is 0. The van der Waals surface area contributed by atoms with Crippen LogP contribution in [0.2, 0.25) is 0 Å². The Morgan fingerprint density at radius 1 is 0.786 bits per heavy atom. The zero-order chi connectivity index (χ0) is 30.0. The molecule has 0 spiro atoms. The van der Waals surface area contributed by atoms with Gasteiger partial charge in [-0.3, -0.25) is 9.79 Å². The summed E-state index contributed by atoms with van der Waals surface area (Å²) in [5, 5.41) is 2.75. The number of carbonyl (C=O) groups excluding carboxylic acids is 1. The Morgan fingerprint density at radius 2 is 1.26 bits per heavy atom. The van der Waals surface area contributed by atoms with Gasteiger partial charge in [0.05, 0.1) is 17.8 Å². The van der Waals surface area contributed by atoms with E-state index in [2.05, 4.69) is 10.2 Å². The van der Waals surface area contributed by atoms with Crippen LogP contribution in [-0.2, 0) is 6.54 Å². The first kappa shape index (κ1) is 30.1.